The van der Waals surface area contributed by atoms with Crippen molar-refractivity contribution in [2.45, 2.75) is 59.8 Å². The van der Waals surface area contributed by atoms with Crippen molar-refractivity contribution in [1.29, 1.82) is 0 Å². The van der Waals surface area contributed by atoms with E-state index in [1.54, 1.807) is 0 Å². The van der Waals surface area contributed by atoms with E-state index in [2.05, 4.69) is 32.6 Å². The molecule has 1 aliphatic rings. The average molecular weight is 274 g/mol. The fourth-order valence-electron chi connectivity index (χ4n) is 2.98. The van der Waals surface area contributed by atoms with E-state index in [4.69, 9.17) is 11.6 Å². The molecule has 0 saturated carbocycles. The number of hydrogen-bond acceptors (Lipinski definition) is 1. The molecule has 0 aromatic heterocycles. The Bertz CT molecular complexity index is 222. The summed E-state index contributed by atoms with van der Waals surface area (Å²) < 4.78 is 0. The molecule has 0 N–H and O–H groups in total. The molecule has 1 saturated heterocycles. The molecule has 0 aromatic carbocycles. The molecule has 0 aromatic rings. The van der Waals surface area contributed by atoms with E-state index in [0.717, 1.165) is 17.7 Å². The third-order valence-corrected chi connectivity index (χ3v) is 4.80. The predicted molar refractivity (Wildman–Crippen MR) is 82.4 cm³/mol. The van der Waals surface area contributed by atoms with Gasteiger partial charge in [-0.25, -0.2) is 0 Å². The van der Waals surface area contributed by atoms with Crippen molar-refractivity contribution in [3.63, 3.8) is 0 Å². The minimum Gasteiger partial charge on any atom is -0.303 e. The number of alkyl halides is 1. The van der Waals surface area contributed by atoms with E-state index in [-0.39, 0.29) is 0 Å². The van der Waals surface area contributed by atoms with Gasteiger partial charge in [0.25, 0.3) is 0 Å². The summed E-state index contributed by atoms with van der Waals surface area (Å²) in [6.07, 6.45) is 6.66. The molecule has 1 heterocycles. The van der Waals surface area contributed by atoms with E-state index < -0.39 is 0 Å². The summed E-state index contributed by atoms with van der Waals surface area (Å²) in [6.45, 7) is 13.4. The Balaban J connectivity index is 2.29. The van der Waals surface area contributed by atoms with Crippen LogP contribution in [-0.2, 0) is 0 Å². The highest BCUT2D eigenvalue weighted by Crippen LogP contribution is 2.34. The summed E-state index contributed by atoms with van der Waals surface area (Å²) in [7, 11) is 0. The van der Waals surface area contributed by atoms with Gasteiger partial charge in [-0.05, 0) is 69.0 Å². The zero-order valence-corrected chi connectivity index (χ0v) is 13.6. The molecule has 0 radical (unpaired) electrons. The first kappa shape index (κ1) is 16.3. The molecule has 2 atom stereocenters. The topological polar surface area (TPSA) is 3.24 Å². The lowest BCUT2D eigenvalue weighted by molar-refractivity contribution is 0.205. The van der Waals surface area contributed by atoms with Gasteiger partial charge >= 0.3 is 0 Å². The van der Waals surface area contributed by atoms with Crippen molar-refractivity contribution in [2.24, 2.45) is 17.3 Å². The Morgan fingerprint density at radius 2 is 1.89 bits per heavy atom. The molecular formula is C16H32ClN. The van der Waals surface area contributed by atoms with Crippen molar-refractivity contribution in [1.82, 2.24) is 4.90 Å². The van der Waals surface area contributed by atoms with Crippen LogP contribution in [0, 0.1) is 17.3 Å². The highest BCUT2D eigenvalue weighted by atomic mass is 35.5. The Labute approximate surface area is 119 Å². The Morgan fingerprint density at radius 1 is 1.17 bits per heavy atom. The summed E-state index contributed by atoms with van der Waals surface area (Å²) >= 11 is 5.80. The largest absolute Gasteiger partial charge is 0.303 e. The molecule has 1 aliphatic heterocycles. The van der Waals surface area contributed by atoms with Gasteiger partial charge in [0.15, 0.2) is 0 Å². The van der Waals surface area contributed by atoms with Gasteiger partial charge in [0.1, 0.15) is 0 Å². The van der Waals surface area contributed by atoms with Gasteiger partial charge < -0.3 is 4.90 Å². The van der Waals surface area contributed by atoms with Crippen LogP contribution in [0.4, 0.5) is 0 Å². The minimum atomic E-state index is 0.488. The SMILES string of the molecule is CC(CCCl)CCN1CCCC(C(C)(C)C)CC1. The summed E-state index contributed by atoms with van der Waals surface area (Å²) in [6, 6.07) is 0. The number of nitrogens with zero attached hydrogens (tertiary/aromatic N) is 1. The maximum absolute atomic E-state index is 5.80. The van der Waals surface area contributed by atoms with Crippen LogP contribution in [0.25, 0.3) is 0 Å². The minimum absolute atomic E-state index is 0.488. The lowest BCUT2D eigenvalue weighted by atomic mass is 9.77. The second kappa shape index (κ2) is 7.75. The third-order valence-electron chi connectivity index (χ3n) is 4.59. The van der Waals surface area contributed by atoms with Gasteiger partial charge in [0.2, 0.25) is 0 Å². The smallest absolute Gasteiger partial charge is 0.0225 e. The van der Waals surface area contributed by atoms with Gasteiger partial charge in [-0.15, -0.1) is 11.6 Å². The fraction of sp³-hybridized carbons (Fsp3) is 1.00. The van der Waals surface area contributed by atoms with Gasteiger partial charge in [-0.2, -0.15) is 0 Å². The third kappa shape index (κ3) is 5.93. The van der Waals surface area contributed by atoms with Gasteiger partial charge in [0.05, 0.1) is 0 Å². The number of hydrogen-bond donors (Lipinski definition) is 0. The standard InChI is InChI=1S/C16H32ClN/c1-14(7-10-17)8-12-18-11-5-6-15(9-13-18)16(2,3)4/h14-15H,5-13H2,1-4H3. The first-order valence-corrected chi connectivity index (χ1v) is 8.25. The molecule has 108 valence electrons. The van der Waals surface area contributed by atoms with Crippen molar-refractivity contribution in [3.8, 4) is 0 Å². The van der Waals surface area contributed by atoms with Crippen LogP contribution in [0.15, 0.2) is 0 Å². The fourth-order valence-corrected chi connectivity index (χ4v) is 3.35. The normalized spacial score (nSPS) is 24.8. The van der Waals surface area contributed by atoms with Crippen LogP contribution >= 0.6 is 11.6 Å². The highest BCUT2D eigenvalue weighted by Gasteiger charge is 2.26. The van der Waals surface area contributed by atoms with E-state index in [1.165, 1.54) is 51.7 Å². The quantitative estimate of drug-likeness (QED) is 0.651. The zero-order chi connectivity index (χ0) is 13.6. The number of halogens is 1. The van der Waals surface area contributed by atoms with Crippen LogP contribution in [0.5, 0.6) is 0 Å². The monoisotopic (exact) mass is 273 g/mol. The Kier molecular flexibility index (Phi) is 7.02. The van der Waals surface area contributed by atoms with E-state index >= 15 is 0 Å². The number of rotatable bonds is 5. The molecule has 0 bridgehead atoms. The average Bonchev–Trinajstić information content (AvgIpc) is 2.51. The maximum Gasteiger partial charge on any atom is 0.0225 e. The maximum atomic E-state index is 5.80. The number of likely N-dealkylation sites (tertiary alicyclic amines) is 1. The van der Waals surface area contributed by atoms with Crippen LogP contribution in [0.2, 0.25) is 0 Å². The Morgan fingerprint density at radius 3 is 2.50 bits per heavy atom. The van der Waals surface area contributed by atoms with Crippen molar-refractivity contribution in [2.75, 3.05) is 25.5 Å². The van der Waals surface area contributed by atoms with Gasteiger partial charge in [-0.1, -0.05) is 27.7 Å². The molecule has 2 unspecified atom stereocenters. The molecule has 0 amide bonds. The first-order valence-electron chi connectivity index (χ1n) is 7.71. The first-order chi connectivity index (χ1) is 8.43. The van der Waals surface area contributed by atoms with Crippen molar-refractivity contribution < 1.29 is 0 Å². The molecule has 0 spiro atoms. The zero-order valence-electron chi connectivity index (χ0n) is 12.8. The van der Waals surface area contributed by atoms with Gasteiger partial charge in [-0.3, -0.25) is 0 Å². The van der Waals surface area contributed by atoms with E-state index in [0.29, 0.717) is 5.41 Å². The molecule has 1 nitrogen and oxygen atoms in total. The molecule has 18 heavy (non-hydrogen) atoms. The second-order valence-corrected chi connectivity index (χ2v) is 7.58. The molecule has 0 aliphatic carbocycles. The predicted octanol–water partition coefficient (Wildman–Crippen LogP) is 4.79. The second-order valence-electron chi connectivity index (χ2n) is 7.21. The van der Waals surface area contributed by atoms with E-state index in [1.807, 2.05) is 0 Å². The van der Waals surface area contributed by atoms with Gasteiger partial charge in [0, 0.05) is 5.88 Å². The molecule has 1 rings (SSSR count). The van der Waals surface area contributed by atoms with Crippen LogP contribution in [-0.4, -0.2) is 30.4 Å². The molecule has 1 fully saturated rings. The highest BCUT2D eigenvalue weighted by molar-refractivity contribution is 6.17. The Hall–Kier alpha value is 0.250. The van der Waals surface area contributed by atoms with Crippen LogP contribution in [0.3, 0.4) is 0 Å². The van der Waals surface area contributed by atoms with Crippen molar-refractivity contribution >= 4 is 11.6 Å². The summed E-state index contributed by atoms with van der Waals surface area (Å²) in [4.78, 5) is 2.68. The summed E-state index contributed by atoms with van der Waals surface area (Å²) in [5.41, 5.74) is 0.488. The summed E-state index contributed by atoms with van der Waals surface area (Å²) in [5, 5.41) is 0. The molecule has 2 heteroatoms. The van der Waals surface area contributed by atoms with E-state index in [9.17, 15) is 0 Å². The van der Waals surface area contributed by atoms with Crippen LogP contribution in [0.1, 0.15) is 59.8 Å². The van der Waals surface area contributed by atoms with Crippen LogP contribution < -0.4 is 0 Å². The molecular weight excluding hydrogens is 242 g/mol. The lowest BCUT2D eigenvalue weighted by Gasteiger charge is -2.30. The lowest BCUT2D eigenvalue weighted by Crippen LogP contribution is -2.28. The van der Waals surface area contributed by atoms with Crippen molar-refractivity contribution in [3.05, 3.63) is 0 Å². The summed E-state index contributed by atoms with van der Waals surface area (Å²) in [5.74, 6) is 2.50.